The third-order valence-electron chi connectivity index (χ3n) is 3.37. The fourth-order valence-electron chi connectivity index (χ4n) is 1.69. The number of halogens is 1. The second-order valence-corrected chi connectivity index (χ2v) is 5.69. The zero-order chi connectivity index (χ0) is 14.8. The predicted molar refractivity (Wildman–Crippen MR) is 77.3 cm³/mol. The van der Waals surface area contributed by atoms with Crippen LogP contribution in [0.4, 0.5) is 11.9 Å². The zero-order valence-electron chi connectivity index (χ0n) is 11.9. The highest BCUT2D eigenvalue weighted by molar-refractivity contribution is 6.28. The summed E-state index contributed by atoms with van der Waals surface area (Å²) in [6.07, 6.45) is -0.565. The van der Waals surface area contributed by atoms with Gasteiger partial charge >= 0.3 is 0 Å². The van der Waals surface area contributed by atoms with Crippen molar-refractivity contribution in [3.8, 4) is 0 Å². The van der Waals surface area contributed by atoms with Crippen molar-refractivity contribution in [2.24, 2.45) is 0 Å². The van der Waals surface area contributed by atoms with Crippen LogP contribution in [0.1, 0.15) is 20.8 Å². The van der Waals surface area contributed by atoms with E-state index in [4.69, 9.17) is 16.3 Å². The summed E-state index contributed by atoms with van der Waals surface area (Å²) in [5.41, 5.74) is -0.563. The van der Waals surface area contributed by atoms with E-state index < -0.39 is 11.6 Å². The lowest BCUT2D eigenvalue weighted by Gasteiger charge is -2.30. The molecule has 0 aromatic carbocycles. The highest BCUT2D eigenvalue weighted by atomic mass is 35.5. The Morgan fingerprint density at radius 1 is 1.30 bits per heavy atom. The van der Waals surface area contributed by atoms with Crippen LogP contribution in [0.2, 0.25) is 5.28 Å². The molecule has 0 amide bonds. The maximum absolute atomic E-state index is 9.74. The Morgan fingerprint density at radius 3 is 2.55 bits per heavy atom. The van der Waals surface area contributed by atoms with Gasteiger partial charge < -0.3 is 20.1 Å². The second kappa shape index (κ2) is 6.07. The third kappa shape index (κ3) is 3.68. The first kappa shape index (κ1) is 15.2. The maximum Gasteiger partial charge on any atom is 0.231 e. The minimum Gasteiger partial charge on any atom is -0.391 e. The molecule has 1 fully saturated rings. The molecular weight excluding hydrogens is 282 g/mol. The molecule has 0 bridgehead atoms. The molecule has 2 N–H and O–H groups in total. The van der Waals surface area contributed by atoms with Crippen LogP contribution in [0.15, 0.2) is 0 Å². The van der Waals surface area contributed by atoms with Gasteiger partial charge in [-0.15, -0.1) is 0 Å². The van der Waals surface area contributed by atoms with Crippen molar-refractivity contribution < 1.29 is 9.84 Å². The molecule has 2 rings (SSSR count). The van der Waals surface area contributed by atoms with Crippen LogP contribution in [0.25, 0.3) is 0 Å². The van der Waals surface area contributed by atoms with Gasteiger partial charge in [-0.25, -0.2) is 0 Å². The lowest BCUT2D eigenvalue weighted by atomic mass is 9.99. The first-order chi connectivity index (χ1) is 9.38. The first-order valence-electron chi connectivity index (χ1n) is 6.59. The smallest absolute Gasteiger partial charge is 0.231 e. The highest BCUT2D eigenvalue weighted by Gasteiger charge is 2.26. The number of hydrogen-bond donors (Lipinski definition) is 2. The third-order valence-corrected chi connectivity index (χ3v) is 3.54. The molecule has 1 atom stereocenters. The average molecular weight is 302 g/mol. The number of aliphatic hydroxyl groups excluding tert-OH is 1. The van der Waals surface area contributed by atoms with Gasteiger partial charge in [0.1, 0.15) is 0 Å². The van der Waals surface area contributed by atoms with E-state index >= 15 is 0 Å². The molecule has 1 saturated heterocycles. The normalized spacial score (nSPS) is 17.9. The molecule has 0 radical (unpaired) electrons. The maximum atomic E-state index is 9.74. The summed E-state index contributed by atoms with van der Waals surface area (Å²) in [5.74, 6) is 0.884. The van der Waals surface area contributed by atoms with Crippen molar-refractivity contribution in [2.75, 3.05) is 36.5 Å². The molecule has 0 saturated carbocycles. The first-order valence-corrected chi connectivity index (χ1v) is 6.97. The van der Waals surface area contributed by atoms with Gasteiger partial charge in [-0.3, -0.25) is 0 Å². The number of anilines is 2. The van der Waals surface area contributed by atoms with Gasteiger partial charge in [-0.2, -0.15) is 15.0 Å². The number of nitrogens with zero attached hydrogens (tertiary/aromatic N) is 4. The van der Waals surface area contributed by atoms with Gasteiger partial charge in [0.05, 0.1) is 24.9 Å². The summed E-state index contributed by atoms with van der Waals surface area (Å²) in [6.45, 7) is 8.17. The summed E-state index contributed by atoms with van der Waals surface area (Å²) < 4.78 is 5.30. The molecular formula is C12H20ClN5O2. The van der Waals surface area contributed by atoms with Crippen LogP contribution in [0, 0.1) is 0 Å². The number of aliphatic hydroxyl groups is 1. The number of rotatable bonds is 4. The van der Waals surface area contributed by atoms with Crippen LogP contribution in [0.3, 0.4) is 0 Å². The Bertz CT molecular complexity index is 463. The van der Waals surface area contributed by atoms with Gasteiger partial charge in [0.25, 0.3) is 0 Å². The minimum atomic E-state index is -0.565. The Labute approximate surface area is 123 Å². The Balaban J connectivity index is 2.20. The summed E-state index contributed by atoms with van der Waals surface area (Å²) in [7, 11) is 0. The van der Waals surface area contributed by atoms with Crippen LogP contribution >= 0.6 is 11.6 Å². The summed E-state index contributed by atoms with van der Waals surface area (Å²) in [5, 5.41) is 12.9. The van der Waals surface area contributed by atoms with E-state index in [9.17, 15) is 5.11 Å². The van der Waals surface area contributed by atoms with Crippen LogP contribution in [0.5, 0.6) is 0 Å². The van der Waals surface area contributed by atoms with Crippen molar-refractivity contribution >= 4 is 23.5 Å². The van der Waals surface area contributed by atoms with E-state index in [1.165, 1.54) is 0 Å². The topological polar surface area (TPSA) is 83.4 Å². The largest absolute Gasteiger partial charge is 0.391 e. The van der Waals surface area contributed by atoms with Gasteiger partial charge in [0, 0.05) is 13.1 Å². The quantitative estimate of drug-likeness (QED) is 0.856. The fourth-order valence-corrected chi connectivity index (χ4v) is 1.85. The van der Waals surface area contributed by atoms with E-state index in [1.807, 2.05) is 18.7 Å². The monoisotopic (exact) mass is 301 g/mol. The Morgan fingerprint density at radius 2 is 1.95 bits per heavy atom. The van der Waals surface area contributed by atoms with Gasteiger partial charge in [-0.05, 0) is 32.4 Å². The predicted octanol–water partition coefficient (Wildman–Crippen LogP) is 0.933. The second-order valence-electron chi connectivity index (χ2n) is 5.35. The van der Waals surface area contributed by atoms with Crippen molar-refractivity contribution in [1.29, 1.82) is 0 Å². The Kier molecular flexibility index (Phi) is 4.62. The molecule has 2 heterocycles. The molecule has 1 unspecified atom stereocenters. The average Bonchev–Trinajstić information content (AvgIpc) is 2.38. The molecule has 1 aliphatic heterocycles. The molecule has 20 heavy (non-hydrogen) atoms. The number of aromatic nitrogens is 3. The molecule has 0 aliphatic carbocycles. The molecule has 0 spiro atoms. The van der Waals surface area contributed by atoms with Gasteiger partial charge in [-0.1, -0.05) is 0 Å². The number of ether oxygens (including phenoxy) is 1. The lowest BCUT2D eigenvalue weighted by Crippen LogP contribution is -2.43. The molecule has 1 aliphatic rings. The van der Waals surface area contributed by atoms with Crippen LogP contribution in [-0.4, -0.2) is 58.0 Å². The SMILES string of the molecule is CC(O)C(C)(C)Nc1nc(Cl)nc(N2CCOCC2)n1. The van der Waals surface area contributed by atoms with E-state index in [1.54, 1.807) is 6.92 Å². The lowest BCUT2D eigenvalue weighted by molar-refractivity contribution is 0.122. The standard InChI is InChI=1S/C12H20ClN5O2/c1-8(19)12(2,3)17-10-14-9(13)15-11(16-10)18-4-6-20-7-5-18/h8,19H,4-7H2,1-3H3,(H,14,15,16,17). The van der Waals surface area contributed by atoms with E-state index in [0.717, 1.165) is 13.1 Å². The summed E-state index contributed by atoms with van der Waals surface area (Å²) in [6, 6.07) is 0. The van der Waals surface area contributed by atoms with Crippen LogP contribution in [-0.2, 0) is 4.74 Å². The van der Waals surface area contributed by atoms with Crippen LogP contribution < -0.4 is 10.2 Å². The molecule has 1 aromatic rings. The Hall–Kier alpha value is -1.18. The van der Waals surface area contributed by atoms with E-state index in [0.29, 0.717) is 25.1 Å². The molecule has 7 nitrogen and oxygen atoms in total. The zero-order valence-corrected chi connectivity index (χ0v) is 12.7. The van der Waals surface area contributed by atoms with Gasteiger partial charge in [0.2, 0.25) is 17.2 Å². The van der Waals surface area contributed by atoms with Crippen molar-refractivity contribution in [3.63, 3.8) is 0 Å². The number of nitrogens with one attached hydrogen (secondary N) is 1. The fraction of sp³-hybridized carbons (Fsp3) is 0.750. The van der Waals surface area contributed by atoms with E-state index in [-0.39, 0.29) is 5.28 Å². The van der Waals surface area contributed by atoms with Crippen molar-refractivity contribution in [2.45, 2.75) is 32.4 Å². The molecule has 1 aromatic heterocycles. The molecule has 112 valence electrons. The summed E-state index contributed by atoms with van der Waals surface area (Å²) >= 11 is 5.96. The van der Waals surface area contributed by atoms with Crippen molar-refractivity contribution in [1.82, 2.24) is 15.0 Å². The van der Waals surface area contributed by atoms with Crippen molar-refractivity contribution in [3.05, 3.63) is 5.28 Å². The highest BCUT2D eigenvalue weighted by Crippen LogP contribution is 2.19. The minimum absolute atomic E-state index is 0.130. The van der Waals surface area contributed by atoms with E-state index in [2.05, 4.69) is 20.3 Å². The summed E-state index contributed by atoms with van der Waals surface area (Å²) in [4.78, 5) is 14.6. The number of morpholine rings is 1. The molecule has 8 heteroatoms. The number of hydrogen-bond acceptors (Lipinski definition) is 7. The van der Waals surface area contributed by atoms with Gasteiger partial charge in [0.15, 0.2) is 0 Å².